The Balaban J connectivity index is 1.47. The Morgan fingerprint density at radius 3 is 0.881 bits per heavy atom. The molecule has 8 heteroatoms. The van der Waals surface area contributed by atoms with Gasteiger partial charge in [0.05, 0.1) is 64.4 Å². The van der Waals surface area contributed by atoms with Crippen molar-refractivity contribution in [2.45, 2.75) is 189 Å². The second-order valence-corrected chi connectivity index (χ2v) is 27.0. The highest BCUT2D eigenvalue weighted by molar-refractivity contribution is 5.98. The highest BCUT2D eigenvalue weighted by Crippen LogP contribution is 2.37. The lowest BCUT2D eigenvalue weighted by Crippen LogP contribution is -2.12. The van der Waals surface area contributed by atoms with Crippen LogP contribution in [0.15, 0.2) is 97.2 Å². The van der Waals surface area contributed by atoms with Crippen molar-refractivity contribution in [3.05, 3.63) is 175 Å². The Bertz CT molecular complexity index is 3760. The zero-order chi connectivity index (χ0) is 61.0. The number of hydrogen-bond donors (Lipinski definition) is 0. The number of unbranched alkanes of at least 4 members (excludes halogenated alkanes) is 10. The lowest BCUT2D eigenvalue weighted by molar-refractivity contribution is 0.506. The predicted octanol–water partition coefficient (Wildman–Crippen LogP) is 20.1. The van der Waals surface area contributed by atoms with Gasteiger partial charge >= 0.3 is 0 Å². The van der Waals surface area contributed by atoms with Crippen molar-refractivity contribution in [3.8, 4) is 41.6 Å². The van der Waals surface area contributed by atoms with E-state index in [1.807, 2.05) is 89.8 Å². The summed E-state index contributed by atoms with van der Waals surface area (Å²) in [5, 5.41) is 64.8. The van der Waals surface area contributed by atoms with Crippen molar-refractivity contribution < 1.29 is 0 Å². The molecule has 1 aliphatic rings. The van der Waals surface area contributed by atoms with E-state index in [1.165, 1.54) is 57.8 Å². The summed E-state index contributed by atoms with van der Waals surface area (Å²) in [7, 11) is 0. The quantitative estimate of drug-likeness (QED) is 0.104. The predicted molar refractivity (Wildman–Crippen MR) is 350 cm³/mol. The maximum Gasteiger partial charge on any atom is 0.113 e. The second kappa shape index (κ2) is 27.2. The molecule has 7 rings (SSSR count). The zero-order valence-electron chi connectivity index (χ0n) is 52.2. The van der Waals surface area contributed by atoms with E-state index >= 15 is 0 Å². The first kappa shape index (κ1) is 63.0. The summed E-state index contributed by atoms with van der Waals surface area (Å²) >= 11 is 0. The van der Waals surface area contributed by atoms with Crippen LogP contribution in [-0.4, -0.2) is 15.0 Å². The van der Waals surface area contributed by atoms with Gasteiger partial charge in [-0.05, 0) is 203 Å². The summed E-state index contributed by atoms with van der Waals surface area (Å²) in [6.07, 6.45) is 25.1. The maximum atomic E-state index is 11.2. The molecule has 1 aliphatic carbocycles. The number of benzene rings is 5. The van der Waals surface area contributed by atoms with Crippen molar-refractivity contribution in [1.29, 1.82) is 26.3 Å². The molecule has 0 fully saturated rings. The summed E-state index contributed by atoms with van der Waals surface area (Å²) < 4.78 is 1.90. The van der Waals surface area contributed by atoms with E-state index in [9.17, 15) is 26.3 Å². The SMILES string of the molecule is CCCCCCCCCCCCCn1cc(-c2cc3cc(c2)/C(C#N)=C/c2cc(cc(C(C)(C)C)c2)/C(C#N)=C/c2cc(cc(C(C)(C)C)c2)/C(C#N)=C/c2cc(cc(C(C)(C)C)c2)/C(C#N)=C/c2cc(cc(C(C)(C)C)c2)C(C#N)=C3)nn1. The number of allylic oxidation sites excluding steroid dienone is 5. The van der Waals surface area contributed by atoms with Crippen LogP contribution in [0.1, 0.15) is 239 Å². The van der Waals surface area contributed by atoms with Gasteiger partial charge in [0.15, 0.2) is 0 Å². The normalized spacial score (nSPS) is 15.7. The minimum absolute atomic E-state index is 0.315. The summed E-state index contributed by atoms with van der Waals surface area (Å²) in [5.74, 6) is 0. The number of rotatable bonds is 13. The van der Waals surface area contributed by atoms with Gasteiger partial charge in [0.1, 0.15) is 5.69 Å². The fourth-order valence-electron chi connectivity index (χ4n) is 10.5. The largest absolute Gasteiger partial charge is 0.252 e. The van der Waals surface area contributed by atoms with Crippen molar-refractivity contribution in [3.63, 3.8) is 0 Å². The van der Waals surface area contributed by atoms with Gasteiger partial charge in [-0.1, -0.05) is 184 Å². The average Bonchev–Trinajstić information content (AvgIpc) is 3.66. The molecule has 84 heavy (non-hydrogen) atoms. The topological polar surface area (TPSA) is 150 Å². The van der Waals surface area contributed by atoms with E-state index in [-0.39, 0.29) is 21.7 Å². The van der Waals surface area contributed by atoms with Crippen molar-refractivity contribution in [2.24, 2.45) is 0 Å². The molecule has 0 atom stereocenters. The molecule has 0 saturated carbocycles. The molecule has 0 radical (unpaired) electrons. The van der Waals surface area contributed by atoms with E-state index in [4.69, 9.17) is 0 Å². The minimum Gasteiger partial charge on any atom is -0.252 e. The van der Waals surface area contributed by atoms with Crippen molar-refractivity contribution in [1.82, 2.24) is 15.0 Å². The molecule has 0 aliphatic heterocycles. The van der Waals surface area contributed by atoms with E-state index < -0.39 is 0 Å². The summed E-state index contributed by atoms with van der Waals surface area (Å²) in [6, 6.07) is 42.9. The number of nitriles is 5. The molecule has 8 nitrogen and oxygen atoms in total. The molecule has 0 N–H and O–H groups in total. The van der Waals surface area contributed by atoms with Gasteiger partial charge in [0, 0.05) is 12.1 Å². The summed E-state index contributed by atoms with van der Waals surface area (Å²) in [5.41, 5.74) is 13.2. The maximum absolute atomic E-state index is 11.2. The van der Waals surface area contributed by atoms with Gasteiger partial charge in [-0.15, -0.1) is 5.10 Å². The minimum atomic E-state index is -0.331. The van der Waals surface area contributed by atoms with Gasteiger partial charge < -0.3 is 0 Å². The van der Waals surface area contributed by atoms with Gasteiger partial charge in [0.25, 0.3) is 0 Å². The van der Waals surface area contributed by atoms with E-state index in [2.05, 4.69) is 173 Å². The standard InChI is InChI=1S/C76H84N8/c1-14-15-16-17-18-19-20-21-22-23-24-25-84-51-72(82-83-84)62-31-52-26-57(41-62)63(46-77)33-53-27-59(43-68(37-53)73(2,3)4)65(48-79)35-55-29-61(45-70(39-55)75(8,9)10)67(50-81)36-56-30-60(44-71(40-56)76(11,12)13)66(49-80)34-54-28-58(64(32-52)47-78)42-69(38-54)74(5,6)7/h26-45,51H,14-25H2,1-13H3/b63-33+,64-32?,65-35+,66-34+,67-36+. The third kappa shape index (κ3) is 16.8. The molecule has 0 amide bonds. The summed E-state index contributed by atoms with van der Waals surface area (Å²) in [4.78, 5) is 0. The molecule has 6 aromatic rings. The molecule has 0 unspecified atom stereocenters. The van der Waals surface area contributed by atoms with E-state index in [0.717, 1.165) is 69.5 Å². The Hall–Kier alpha value is -8.61. The second-order valence-electron chi connectivity index (χ2n) is 27.0. The Kier molecular flexibility index (Phi) is 20.4. The van der Waals surface area contributed by atoms with Crippen LogP contribution in [0.5, 0.6) is 0 Å². The molecular weight excluding hydrogens is 1020 g/mol. The third-order valence-corrected chi connectivity index (χ3v) is 15.8. The Morgan fingerprint density at radius 2 is 0.595 bits per heavy atom. The molecule has 5 aromatic carbocycles. The van der Waals surface area contributed by atoms with Gasteiger partial charge in [0.2, 0.25) is 0 Å². The first-order valence-electron chi connectivity index (χ1n) is 30.1. The van der Waals surface area contributed by atoms with Crippen LogP contribution >= 0.6 is 0 Å². The third-order valence-electron chi connectivity index (χ3n) is 15.8. The Morgan fingerprint density at radius 1 is 0.333 bits per heavy atom. The van der Waals surface area contributed by atoms with Crippen molar-refractivity contribution in [2.75, 3.05) is 0 Å². The Labute approximate surface area is 502 Å². The lowest BCUT2D eigenvalue weighted by Gasteiger charge is -2.22. The van der Waals surface area contributed by atoms with Crippen LogP contribution in [0.4, 0.5) is 0 Å². The van der Waals surface area contributed by atoms with Gasteiger partial charge in [-0.2, -0.15) is 26.3 Å². The van der Waals surface area contributed by atoms with Crippen molar-refractivity contribution >= 4 is 58.2 Å². The highest BCUT2D eigenvalue weighted by atomic mass is 15.4. The smallest absolute Gasteiger partial charge is 0.113 e. The van der Waals surface area contributed by atoms with Gasteiger partial charge in [-0.25, -0.2) is 0 Å². The molecule has 428 valence electrons. The average molecular weight is 1110 g/mol. The molecule has 1 heterocycles. The van der Waals surface area contributed by atoms with Crippen LogP contribution in [0, 0.1) is 56.7 Å². The molecule has 10 bridgehead atoms. The van der Waals surface area contributed by atoms with E-state index in [1.54, 1.807) is 0 Å². The molecule has 0 saturated heterocycles. The number of hydrogen-bond acceptors (Lipinski definition) is 7. The van der Waals surface area contributed by atoms with Crippen LogP contribution in [0.3, 0.4) is 0 Å². The van der Waals surface area contributed by atoms with E-state index in [0.29, 0.717) is 66.9 Å². The van der Waals surface area contributed by atoms with Crippen LogP contribution in [0.25, 0.3) is 69.5 Å². The first-order valence-corrected chi connectivity index (χ1v) is 30.1. The van der Waals surface area contributed by atoms with Crippen LogP contribution in [0.2, 0.25) is 0 Å². The zero-order valence-corrected chi connectivity index (χ0v) is 52.2. The van der Waals surface area contributed by atoms with Crippen LogP contribution in [-0.2, 0) is 28.2 Å². The first-order chi connectivity index (χ1) is 39.8. The summed E-state index contributed by atoms with van der Waals surface area (Å²) in [6.45, 7) is 28.6. The fraction of sp³-hybridized carbons (Fsp3) is 0.382. The fourth-order valence-corrected chi connectivity index (χ4v) is 10.5. The molecule has 0 spiro atoms. The number of aromatic nitrogens is 3. The number of fused-ring (bicyclic) bond motifs is 10. The lowest BCUT2D eigenvalue weighted by atomic mass is 9.82. The highest BCUT2D eigenvalue weighted by Gasteiger charge is 2.23. The number of nitrogens with zero attached hydrogens (tertiary/aromatic N) is 8. The monoisotopic (exact) mass is 1110 g/mol. The van der Waals surface area contributed by atoms with Gasteiger partial charge in [-0.3, -0.25) is 4.68 Å². The molecule has 1 aromatic heterocycles. The molecular formula is C76H84N8. The number of aryl methyl sites for hydroxylation is 1. The van der Waals surface area contributed by atoms with Crippen LogP contribution < -0.4 is 0 Å².